The molecule has 0 aromatic rings. The second-order valence-electron chi connectivity index (χ2n) is 2.74. The zero-order valence-electron chi connectivity index (χ0n) is 7.51. The quantitative estimate of drug-likeness (QED) is 0.236. The van der Waals surface area contributed by atoms with Crippen molar-refractivity contribution >= 4 is 11.9 Å². The van der Waals surface area contributed by atoms with E-state index in [0.717, 1.165) is 6.92 Å². The molecule has 7 heteroatoms. The third kappa shape index (κ3) is 6.49. The Balaban J connectivity index is 3.83. The van der Waals surface area contributed by atoms with Crippen LogP contribution in [-0.2, 0) is 14.3 Å². The zero-order chi connectivity index (χ0) is 11.4. The Morgan fingerprint density at radius 3 is 2.21 bits per heavy atom. The van der Waals surface area contributed by atoms with Crippen molar-refractivity contribution in [1.29, 1.82) is 0 Å². The topological polar surface area (TPSA) is 124 Å². The maximum absolute atomic E-state index is 10.7. The minimum Gasteiger partial charge on any atom is -0.391 e. The minimum atomic E-state index is -2.97. The molecule has 0 heterocycles. The molecule has 0 aromatic carbocycles. The summed E-state index contributed by atoms with van der Waals surface area (Å²) in [6.45, 7) is 1.12. The summed E-state index contributed by atoms with van der Waals surface area (Å²) in [6, 6.07) is 0. The SMILES string of the molecule is CC(O)C(=O)OC(=O)CCC(O)(O)O. The van der Waals surface area contributed by atoms with Crippen molar-refractivity contribution in [3.8, 4) is 0 Å². The lowest BCUT2D eigenvalue weighted by Gasteiger charge is -2.12. The fourth-order valence-corrected chi connectivity index (χ4v) is 0.518. The number of hydrogen-bond acceptors (Lipinski definition) is 7. The predicted molar refractivity (Wildman–Crippen MR) is 41.4 cm³/mol. The summed E-state index contributed by atoms with van der Waals surface area (Å²) in [6.07, 6.45) is -2.66. The van der Waals surface area contributed by atoms with Gasteiger partial charge in [0.15, 0.2) is 0 Å². The molecule has 0 fully saturated rings. The Hall–Kier alpha value is -1.02. The van der Waals surface area contributed by atoms with Gasteiger partial charge in [-0.05, 0) is 6.92 Å². The number of rotatable bonds is 4. The minimum absolute atomic E-state index is 0.554. The van der Waals surface area contributed by atoms with Crippen molar-refractivity contribution in [1.82, 2.24) is 0 Å². The summed E-state index contributed by atoms with van der Waals surface area (Å²) >= 11 is 0. The highest BCUT2D eigenvalue weighted by molar-refractivity contribution is 5.87. The van der Waals surface area contributed by atoms with Crippen LogP contribution < -0.4 is 0 Å². The highest BCUT2D eigenvalue weighted by Crippen LogP contribution is 2.05. The summed E-state index contributed by atoms with van der Waals surface area (Å²) in [5, 5.41) is 33.8. The first-order chi connectivity index (χ1) is 6.22. The van der Waals surface area contributed by atoms with Gasteiger partial charge in [0.1, 0.15) is 6.10 Å². The monoisotopic (exact) mass is 208 g/mol. The second-order valence-corrected chi connectivity index (χ2v) is 2.74. The summed E-state index contributed by atoms with van der Waals surface area (Å²) in [4.78, 5) is 21.3. The number of aliphatic hydroxyl groups excluding tert-OH is 1. The third-order valence-electron chi connectivity index (χ3n) is 1.22. The molecule has 1 unspecified atom stereocenters. The fourth-order valence-electron chi connectivity index (χ4n) is 0.518. The van der Waals surface area contributed by atoms with Gasteiger partial charge in [0.05, 0.1) is 6.42 Å². The van der Waals surface area contributed by atoms with Crippen LogP contribution in [0.1, 0.15) is 19.8 Å². The number of carbonyl (C=O) groups is 2. The average Bonchev–Trinajstić information content (AvgIpc) is 1.99. The molecule has 0 aliphatic heterocycles. The Morgan fingerprint density at radius 2 is 1.86 bits per heavy atom. The van der Waals surface area contributed by atoms with Gasteiger partial charge in [0, 0.05) is 6.42 Å². The highest BCUT2D eigenvalue weighted by Gasteiger charge is 2.22. The fraction of sp³-hybridized carbons (Fsp3) is 0.714. The molecule has 0 rings (SSSR count). The van der Waals surface area contributed by atoms with Gasteiger partial charge in [-0.2, -0.15) is 0 Å². The molecule has 7 nitrogen and oxygen atoms in total. The van der Waals surface area contributed by atoms with Crippen LogP contribution in [0.15, 0.2) is 0 Å². The lowest BCUT2D eigenvalue weighted by atomic mass is 10.3. The van der Waals surface area contributed by atoms with Gasteiger partial charge in [0.2, 0.25) is 0 Å². The number of aliphatic hydroxyl groups is 4. The molecule has 0 aromatic heterocycles. The van der Waals surface area contributed by atoms with E-state index in [2.05, 4.69) is 4.74 Å². The molecule has 14 heavy (non-hydrogen) atoms. The van der Waals surface area contributed by atoms with Gasteiger partial charge in [-0.1, -0.05) is 0 Å². The standard InChI is InChI=1S/C7H12O7/c1-4(8)6(10)14-5(9)2-3-7(11,12)13/h4,8,11-13H,2-3H2,1H3. The summed E-state index contributed by atoms with van der Waals surface area (Å²) in [5.41, 5.74) is 0. The second kappa shape index (κ2) is 5.01. The summed E-state index contributed by atoms with van der Waals surface area (Å²) in [7, 11) is 0. The molecule has 0 saturated carbocycles. The Morgan fingerprint density at radius 1 is 1.36 bits per heavy atom. The Kier molecular flexibility index (Phi) is 4.64. The van der Waals surface area contributed by atoms with Crippen molar-refractivity contribution in [3.05, 3.63) is 0 Å². The van der Waals surface area contributed by atoms with Crippen LogP contribution in [0.5, 0.6) is 0 Å². The van der Waals surface area contributed by atoms with E-state index in [1.165, 1.54) is 0 Å². The summed E-state index contributed by atoms with van der Waals surface area (Å²) < 4.78 is 4.05. The molecule has 4 N–H and O–H groups in total. The number of carbonyl (C=O) groups excluding carboxylic acids is 2. The first-order valence-corrected chi connectivity index (χ1v) is 3.82. The van der Waals surface area contributed by atoms with Crippen LogP contribution in [0.25, 0.3) is 0 Å². The lowest BCUT2D eigenvalue weighted by Crippen LogP contribution is -2.29. The highest BCUT2D eigenvalue weighted by atomic mass is 16.7. The average molecular weight is 208 g/mol. The van der Waals surface area contributed by atoms with Gasteiger partial charge < -0.3 is 25.2 Å². The van der Waals surface area contributed by atoms with E-state index in [9.17, 15) is 9.59 Å². The van der Waals surface area contributed by atoms with Gasteiger partial charge in [0.25, 0.3) is 5.97 Å². The molecule has 0 bridgehead atoms. The van der Waals surface area contributed by atoms with E-state index in [0.29, 0.717) is 0 Å². The molecule has 1 atom stereocenters. The van der Waals surface area contributed by atoms with E-state index in [1.54, 1.807) is 0 Å². The van der Waals surface area contributed by atoms with Crippen LogP contribution in [-0.4, -0.2) is 44.4 Å². The van der Waals surface area contributed by atoms with E-state index >= 15 is 0 Å². The maximum atomic E-state index is 10.7. The molecule has 82 valence electrons. The van der Waals surface area contributed by atoms with Crippen LogP contribution in [0.3, 0.4) is 0 Å². The zero-order valence-corrected chi connectivity index (χ0v) is 7.51. The molecule has 0 spiro atoms. The van der Waals surface area contributed by atoms with Crippen molar-refractivity contribution in [2.45, 2.75) is 31.8 Å². The van der Waals surface area contributed by atoms with Crippen LogP contribution >= 0.6 is 0 Å². The van der Waals surface area contributed by atoms with Crippen LogP contribution in [0.2, 0.25) is 0 Å². The number of ether oxygens (including phenoxy) is 1. The Bertz CT molecular complexity index is 215. The first kappa shape index (κ1) is 13.0. The molecule has 0 amide bonds. The smallest absolute Gasteiger partial charge is 0.342 e. The molecule has 0 aliphatic carbocycles. The first-order valence-electron chi connectivity index (χ1n) is 3.82. The molecule has 0 aliphatic rings. The molecule has 0 saturated heterocycles. The third-order valence-corrected chi connectivity index (χ3v) is 1.22. The summed E-state index contributed by atoms with van der Waals surface area (Å²) in [5.74, 6) is -5.15. The van der Waals surface area contributed by atoms with Gasteiger partial charge in [-0.15, -0.1) is 0 Å². The van der Waals surface area contributed by atoms with Gasteiger partial charge >= 0.3 is 11.9 Å². The molecule has 0 radical (unpaired) electrons. The van der Waals surface area contributed by atoms with Crippen LogP contribution in [0.4, 0.5) is 0 Å². The molecular formula is C7H12O7. The van der Waals surface area contributed by atoms with Crippen molar-refractivity contribution in [2.75, 3.05) is 0 Å². The Labute approximate surface area is 79.5 Å². The number of esters is 2. The van der Waals surface area contributed by atoms with Gasteiger partial charge in [-0.25, -0.2) is 4.79 Å². The van der Waals surface area contributed by atoms with E-state index in [4.69, 9.17) is 20.4 Å². The molecular weight excluding hydrogens is 196 g/mol. The lowest BCUT2D eigenvalue weighted by molar-refractivity contribution is -0.314. The number of hydrogen-bond donors (Lipinski definition) is 4. The van der Waals surface area contributed by atoms with Gasteiger partial charge in [-0.3, -0.25) is 4.79 Å². The van der Waals surface area contributed by atoms with Crippen molar-refractivity contribution in [3.63, 3.8) is 0 Å². The predicted octanol–water partition coefficient (Wildman–Crippen LogP) is -2.15. The van der Waals surface area contributed by atoms with E-state index in [1.807, 2.05) is 0 Å². The largest absolute Gasteiger partial charge is 0.391 e. The van der Waals surface area contributed by atoms with E-state index < -0.39 is 36.9 Å². The van der Waals surface area contributed by atoms with Crippen molar-refractivity contribution in [2.24, 2.45) is 0 Å². The van der Waals surface area contributed by atoms with E-state index in [-0.39, 0.29) is 0 Å². The maximum Gasteiger partial charge on any atom is 0.342 e. The normalized spacial score (nSPS) is 13.5. The van der Waals surface area contributed by atoms with Crippen LogP contribution in [0, 0.1) is 0 Å². The van der Waals surface area contributed by atoms with Crippen molar-refractivity contribution < 1.29 is 34.8 Å².